The Labute approximate surface area is 142 Å². The minimum Gasteiger partial charge on any atom is -0.507 e. The number of benzene rings is 1. The van der Waals surface area contributed by atoms with Gasteiger partial charge in [-0.3, -0.25) is 9.59 Å². The summed E-state index contributed by atoms with van der Waals surface area (Å²) in [5.74, 6) is -0.972. The number of anilines is 1. The van der Waals surface area contributed by atoms with Gasteiger partial charge in [-0.15, -0.1) is 0 Å². The van der Waals surface area contributed by atoms with E-state index in [4.69, 9.17) is 23.2 Å². The number of aromatic amines is 1. The molecule has 7 heteroatoms. The summed E-state index contributed by atoms with van der Waals surface area (Å²) < 4.78 is 0. The van der Waals surface area contributed by atoms with Gasteiger partial charge in [0.05, 0.1) is 15.7 Å². The lowest BCUT2D eigenvalue weighted by Crippen LogP contribution is -2.26. The van der Waals surface area contributed by atoms with E-state index in [0.29, 0.717) is 24.1 Å². The highest BCUT2D eigenvalue weighted by atomic mass is 35.5. The maximum Gasteiger partial charge on any atom is 0.265 e. The van der Waals surface area contributed by atoms with E-state index in [9.17, 15) is 14.7 Å². The van der Waals surface area contributed by atoms with Crippen LogP contribution in [-0.4, -0.2) is 16.0 Å². The molecule has 1 heterocycles. The zero-order valence-corrected chi connectivity index (χ0v) is 13.6. The van der Waals surface area contributed by atoms with Crippen LogP contribution in [0.15, 0.2) is 23.0 Å². The summed E-state index contributed by atoms with van der Waals surface area (Å²) in [6.45, 7) is 0. The van der Waals surface area contributed by atoms with E-state index in [2.05, 4.69) is 10.3 Å². The van der Waals surface area contributed by atoms with E-state index in [1.807, 2.05) is 0 Å². The summed E-state index contributed by atoms with van der Waals surface area (Å²) >= 11 is 11.9. The van der Waals surface area contributed by atoms with Gasteiger partial charge in [0.15, 0.2) is 0 Å². The second-order valence-corrected chi connectivity index (χ2v) is 6.18. The third-order valence-electron chi connectivity index (χ3n) is 3.91. The minimum atomic E-state index is -0.721. The number of carbonyl (C=O) groups is 1. The largest absolute Gasteiger partial charge is 0.507 e. The first kappa shape index (κ1) is 15.9. The Morgan fingerprint density at radius 2 is 1.96 bits per heavy atom. The van der Waals surface area contributed by atoms with Crippen LogP contribution in [0.5, 0.6) is 5.75 Å². The summed E-state index contributed by atoms with van der Waals surface area (Å²) in [6, 6.07) is 4.78. The van der Waals surface area contributed by atoms with E-state index >= 15 is 0 Å². The predicted octanol–water partition coefficient (Wildman–Crippen LogP) is 3.52. The lowest BCUT2D eigenvalue weighted by molar-refractivity contribution is 0.102. The van der Waals surface area contributed by atoms with Crippen LogP contribution in [0.2, 0.25) is 10.0 Å². The molecule has 120 valence electrons. The minimum absolute atomic E-state index is 0.177. The predicted molar refractivity (Wildman–Crippen MR) is 89.8 cm³/mol. The Morgan fingerprint density at radius 1 is 1.22 bits per heavy atom. The van der Waals surface area contributed by atoms with Crippen LogP contribution in [0.4, 0.5) is 5.69 Å². The molecule has 23 heavy (non-hydrogen) atoms. The molecule has 1 aromatic heterocycles. The van der Waals surface area contributed by atoms with Crippen molar-refractivity contribution < 1.29 is 9.90 Å². The number of halogens is 2. The first-order chi connectivity index (χ1) is 11.0. The second kappa shape index (κ2) is 6.26. The molecule has 1 aliphatic rings. The fraction of sp³-hybridized carbons (Fsp3) is 0.250. The van der Waals surface area contributed by atoms with Crippen LogP contribution in [0.25, 0.3) is 0 Å². The molecule has 3 rings (SSSR count). The van der Waals surface area contributed by atoms with Crippen LogP contribution in [0.3, 0.4) is 0 Å². The smallest absolute Gasteiger partial charge is 0.265 e. The number of hydrogen-bond donors (Lipinski definition) is 3. The van der Waals surface area contributed by atoms with Crippen LogP contribution in [0.1, 0.15) is 34.5 Å². The van der Waals surface area contributed by atoms with Gasteiger partial charge in [0.2, 0.25) is 0 Å². The molecule has 0 atom stereocenters. The first-order valence-electron chi connectivity index (χ1n) is 7.21. The standard InChI is InChI=1S/C16H14Cl2N2O3/c17-9-5-3-7-11(13(9)18)20-16(23)12-14(21)8-4-1-2-6-10(8)19-15(12)22/h3,5,7H,1-2,4,6H2,(H,20,23)(H2,19,21,22). The number of aryl methyl sites for hydroxylation is 1. The van der Waals surface area contributed by atoms with Gasteiger partial charge in [-0.25, -0.2) is 0 Å². The van der Waals surface area contributed by atoms with Crippen molar-refractivity contribution in [2.24, 2.45) is 0 Å². The number of aromatic hydroxyl groups is 1. The molecule has 1 amide bonds. The van der Waals surface area contributed by atoms with Crippen LogP contribution < -0.4 is 10.9 Å². The Morgan fingerprint density at radius 3 is 2.74 bits per heavy atom. The van der Waals surface area contributed by atoms with Gasteiger partial charge in [-0.1, -0.05) is 29.3 Å². The average Bonchev–Trinajstić information content (AvgIpc) is 2.52. The average molecular weight is 353 g/mol. The summed E-state index contributed by atoms with van der Waals surface area (Å²) in [7, 11) is 0. The molecule has 0 saturated carbocycles. The number of carbonyl (C=O) groups excluding carboxylic acids is 1. The monoisotopic (exact) mass is 352 g/mol. The summed E-state index contributed by atoms with van der Waals surface area (Å²) in [4.78, 5) is 27.3. The lowest BCUT2D eigenvalue weighted by atomic mass is 9.93. The molecule has 1 aliphatic carbocycles. The lowest BCUT2D eigenvalue weighted by Gasteiger charge is -2.18. The first-order valence-corrected chi connectivity index (χ1v) is 7.97. The van der Waals surface area contributed by atoms with Crippen LogP contribution in [0, 0.1) is 0 Å². The molecule has 1 aromatic carbocycles. The van der Waals surface area contributed by atoms with Crippen molar-refractivity contribution in [2.45, 2.75) is 25.7 Å². The Hall–Kier alpha value is -1.98. The van der Waals surface area contributed by atoms with Gasteiger partial charge >= 0.3 is 0 Å². The van der Waals surface area contributed by atoms with Crippen molar-refractivity contribution in [1.82, 2.24) is 4.98 Å². The summed E-state index contributed by atoms with van der Waals surface area (Å²) in [5, 5.41) is 13.3. The number of aromatic nitrogens is 1. The number of fused-ring (bicyclic) bond motifs is 1. The number of nitrogens with one attached hydrogen (secondary N) is 2. The van der Waals surface area contributed by atoms with E-state index in [0.717, 1.165) is 12.8 Å². The highest BCUT2D eigenvalue weighted by Gasteiger charge is 2.24. The Bertz CT molecular complexity index is 846. The molecular formula is C16H14Cl2N2O3. The third kappa shape index (κ3) is 2.94. The molecule has 2 aromatic rings. The summed E-state index contributed by atoms with van der Waals surface area (Å²) in [5.41, 5.74) is 0.704. The van der Waals surface area contributed by atoms with E-state index in [-0.39, 0.29) is 27.0 Å². The van der Waals surface area contributed by atoms with Crippen molar-refractivity contribution in [3.8, 4) is 5.75 Å². The number of H-pyrrole nitrogens is 1. The van der Waals surface area contributed by atoms with Crippen molar-refractivity contribution in [2.75, 3.05) is 5.32 Å². The molecule has 0 saturated heterocycles. The molecule has 0 unspecified atom stereocenters. The van der Waals surface area contributed by atoms with E-state index in [1.165, 1.54) is 0 Å². The second-order valence-electron chi connectivity index (χ2n) is 5.40. The SMILES string of the molecule is O=C(Nc1cccc(Cl)c1Cl)c1c(O)c2c([nH]c1=O)CCCC2. The molecule has 0 spiro atoms. The van der Waals surface area contributed by atoms with Crippen molar-refractivity contribution in [3.05, 3.63) is 55.4 Å². The highest BCUT2D eigenvalue weighted by molar-refractivity contribution is 6.44. The topological polar surface area (TPSA) is 82.2 Å². The Kier molecular flexibility index (Phi) is 4.33. The molecule has 0 bridgehead atoms. The van der Waals surface area contributed by atoms with Gasteiger partial charge in [0.25, 0.3) is 11.5 Å². The summed E-state index contributed by atoms with van der Waals surface area (Å²) in [6.07, 6.45) is 3.19. The molecular weight excluding hydrogens is 339 g/mol. The van der Waals surface area contributed by atoms with E-state index < -0.39 is 11.5 Å². The van der Waals surface area contributed by atoms with Gasteiger partial charge in [0, 0.05) is 11.3 Å². The molecule has 0 aliphatic heterocycles. The van der Waals surface area contributed by atoms with E-state index in [1.54, 1.807) is 18.2 Å². The number of rotatable bonds is 2. The number of pyridine rings is 1. The maximum atomic E-state index is 12.4. The normalized spacial score (nSPS) is 13.5. The maximum absolute atomic E-state index is 12.4. The zero-order valence-electron chi connectivity index (χ0n) is 12.1. The molecule has 0 fully saturated rings. The molecule has 0 radical (unpaired) electrons. The number of hydrogen-bond acceptors (Lipinski definition) is 3. The fourth-order valence-corrected chi connectivity index (χ4v) is 3.11. The van der Waals surface area contributed by atoms with Crippen LogP contribution in [-0.2, 0) is 12.8 Å². The van der Waals surface area contributed by atoms with Crippen molar-refractivity contribution in [1.29, 1.82) is 0 Å². The van der Waals surface area contributed by atoms with Gasteiger partial charge in [-0.05, 0) is 37.8 Å². The Balaban J connectivity index is 2.00. The van der Waals surface area contributed by atoms with Crippen LogP contribution >= 0.6 is 23.2 Å². The third-order valence-corrected chi connectivity index (χ3v) is 4.73. The quantitative estimate of drug-likeness (QED) is 0.773. The van der Waals surface area contributed by atoms with Gasteiger partial charge < -0.3 is 15.4 Å². The highest BCUT2D eigenvalue weighted by Crippen LogP contribution is 2.32. The number of amides is 1. The molecule has 3 N–H and O–H groups in total. The van der Waals surface area contributed by atoms with Gasteiger partial charge in [-0.2, -0.15) is 0 Å². The molecule has 5 nitrogen and oxygen atoms in total. The van der Waals surface area contributed by atoms with Crippen molar-refractivity contribution >= 4 is 34.8 Å². The zero-order chi connectivity index (χ0) is 16.6. The fourth-order valence-electron chi connectivity index (χ4n) is 2.76. The van der Waals surface area contributed by atoms with Gasteiger partial charge in [0.1, 0.15) is 11.3 Å². The van der Waals surface area contributed by atoms with Crippen molar-refractivity contribution in [3.63, 3.8) is 0 Å².